The molecule has 2 spiro atoms. The average molecular weight is 916 g/mol. The van der Waals surface area contributed by atoms with Crippen LogP contribution in [0.4, 0.5) is 17.1 Å². The number of benzene rings is 12. The van der Waals surface area contributed by atoms with Crippen LogP contribution in [0, 0.1) is 0 Å². The minimum absolute atomic E-state index is 0.0102. The quantitative estimate of drug-likeness (QED) is 0.159. The highest BCUT2D eigenvalue weighted by atomic mass is 15.1. The third-order valence-electron chi connectivity index (χ3n) is 17.6. The summed E-state index contributed by atoms with van der Waals surface area (Å²) in [4.78, 5) is 2.70. The van der Waals surface area contributed by atoms with Crippen LogP contribution < -0.4 is 4.90 Å². The molecule has 1 fully saturated rings. The van der Waals surface area contributed by atoms with E-state index in [1.807, 2.05) is 0 Å². The van der Waals surface area contributed by atoms with Gasteiger partial charge in [-0.15, -0.1) is 0 Å². The van der Waals surface area contributed by atoms with Gasteiger partial charge in [0.15, 0.2) is 0 Å². The molecular formula is C71H49N. The largest absolute Gasteiger partial charge is 0.309 e. The van der Waals surface area contributed by atoms with Crippen molar-refractivity contribution in [2.45, 2.75) is 42.9 Å². The molecule has 1 heteroatoms. The number of rotatable bonds is 4. The first-order valence-electron chi connectivity index (χ1n) is 26.1. The third-order valence-corrected chi connectivity index (χ3v) is 17.6. The van der Waals surface area contributed by atoms with Crippen molar-refractivity contribution >= 4 is 60.2 Å². The molecular weight excluding hydrogens is 867 g/mol. The van der Waals surface area contributed by atoms with E-state index in [4.69, 9.17) is 0 Å². The molecule has 0 heterocycles. The lowest BCUT2D eigenvalue weighted by atomic mass is 9.68. The number of hydrogen-bond donors (Lipinski definition) is 0. The highest BCUT2D eigenvalue weighted by Gasteiger charge is 2.52. The van der Waals surface area contributed by atoms with E-state index in [0.717, 1.165) is 5.69 Å². The second-order valence-electron chi connectivity index (χ2n) is 20.9. The predicted molar refractivity (Wildman–Crippen MR) is 302 cm³/mol. The molecule has 1 saturated carbocycles. The van der Waals surface area contributed by atoms with Gasteiger partial charge in [0, 0.05) is 22.2 Å². The Labute approximate surface area is 420 Å². The smallest absolute Gasteiger partial charge is 0.0726 e. The molecule has 0 bridgehead atoms. The Morgan fingerprint density at radius 2 is 0.764 bits per heavy atom. The van der Waals surface area contributed by atoms with Crippen molar-refractivity contribution in [3.63, 3.8) is 0 Å². The Morgan fingerprint density at radius 3 is 1.43 bits per heavy atom. The van der Waals surface area contributed by atoms with E-state index in [1.165, 1.54) is 164 Å². The SMILES string of the molecule is c1ccc2c(c1)-c1c(N(c3ccc4c5ccccc5c5ccccc5c4c3)c3cc4c(cc3-c3cccc5ccccc35)-c3ccccc3C43c4ccccc4-c4ccccc43)cccc1C21CCCCC1. The first-order valence-corrected chi connectivity index (χ1v) is 26.1. The summed E-state index contributed by atoms with van der Waals surface area (Å²) in [5.41, 5.74) is 21.8. The summed E-state index contributed by atoms with van der Waals surface area (Å²) in [6, 6.07) is 90.9. The Kier molecular flexibility index (Phi) is 8.38. The summed E-state index contributed by atoms with van der Waals surface area (Å²) in [5.74, 6) is 0. The Morgan fingerprint density at radius 1 is 0.278 bits per heavy atom. The normalized spacial score (nSPS) is 15.2. The minimum Gasteiger partial charge on any atom is -0.309 e. The number of fused-ring (bicyclic) bond motifs is 22. The van der Waals surface area contributed by atoms with Crippen molar-refractivity contribution in [3.05, 3.63) is 270 Å². The highest BCUT2D eigenvalue weighted by molar-refractivity contribution is 6.26. The summed E-state index contributed by atoms with van der Waals surface area (Å²) >= 11 is 0. The molecule has 72 heavy (non-hydrogen) atoms. The van der Waals surface area contributed by atoms with Crippen molar-refractivity contribution in [3.8, 4) is 44.5 Å². The van der Waals surface area contributed by atoms with Gasteiger partial charge in [0.2, 0.25) is 0 Å². The van der Waals surface area contributed by atoms with Crippen molar-refractivity contribution in [2.24, 2.45) is 0 Å². The molecule has 0 radical (unpaired) electrons. The van der Waals surface area contributed by atoms with Gasteiger partial charge in [0.25, 0.3) is 0 Å². The zero-order valence-corrected chi connectivity index (χ0v) is 40.0. The topological polar surface area (TPSA) is 3.24 Å². The molecule has 0 unspecified atom stereocenters. The van der Waals surface area contributed by atoms with E-state index >= 15 is 0 Å². The zero-order valence-electron chi connectivity index (χ0n) is 40.0. The lowest BCUT2D eigenvalue weighted by molar-refractivity contribution is 0.353. The van der Waals surface area contributed by atoms with E-state index in [-0.39, 0.29) is 5.41 Å². The summed E-state index contributed by atoms with van der Waals surface area (Å²) in [6.07, 6.45) is 6.14. The van der Waals surface area contributed by atoms with Gasteiger partial charge in [0.1, 0.15) is 0 Å². The first kappa shape index (κ1) is 40.2. The fourth-order valence-electron chi connectivity index (χ4n) is 14.8. The number of hydrogen-bond acceptors (Lipinski definition) is 1. The third kappa shape index (κ3) is 5.22. The maximum Gasteiger partial charge on any atom is 0.0726 e. The van der Waals surface area contributed by atoms with Crippen LogP contribution in [-0.4, -0.2) is 0 Å². The lowest BCUT2D eigenvalue weighted by Gasteiger charge is -2.37. The predicted octanol–water partition coefficient (Wildman–Crippen LogP) is 19.0. The van der Waals surface area contributed by atoms with Crippen LogP contribution in [0.3, 0.4) is 0 Å². The molecule has 0 aliphatic heterocycles. The van der Waals surface area contributed by atoms with Crippen LogP contribution in [0.15, 0.2) is 237 Å². The van der Waals surface area contributed by atoms with Crippen LogP contribution in [0.5, 0.6) is 0 Å². The van der Waals surface area contributed by atoms with Crippen LogP contribution in [-0.2, 0) is 10.8 Å². The molecule has 0 saturated heterocycles. The van der Waals surface area contributed by atoms with Gasteiger partial charge in [-0.25, -0.2) is 0 Å². The fourth-order valence-corrected chi connectivity index (χ4v) is 14.8. The molecule has 0 aromatic heterocycles. The van der Waals surface area contributed by atoms with Gasteiger partial charge in [-0.2, -0.15) is 0 Å². The van der Waals surface area contributed by atoms with E-state index in [0.29, 0.717) is 0 Å². The van der Waals surface area contributed by atoms with E-state index in [2.05, 4.69) is 241 Å². The Balaban J connectivity index is 1.08. The van der Waals surface area contributed by atoms with Crippen LogP contribution >= 0.6 is 0 Å². The van der Waals surface area contributed by atoms with Gasteiger partial charge in [-0.05, 0) is 153 Å². The Bertz CT molecular complexity index is 4190. The fraction of sp³-hybridized carbons (Fsp3) is 0.0986. The van der Waals surface area contributed by atoms with Gasteiger partial charge in [-0.1, -0.05) is 226 Å². The maximum atomic E-state index is 2.70. The van der Waals surface area contributed by atoms with E-state index in [9.17, 15) is 0 Å². The van der Waals surface area contributed by atoms with Gasteiger partial charge < -0.3 is 4.90 Å². The molecule has 338 valence electrons. The van der Waals surface area contributed by atoms with Crippen LogP contribution in [0.1, 0.15) is 65.5 Å². The van der Waals surface area contributed by atoms with E-state index < -0.39 is 5.41 Å². The summed E-state index contributed by atoms with van der Waals surface area (Å²) < 4.78 is 0. The average Bonchev–Trinajstić information content (AvgIpc) is 4.02. The van der Waals surface area contributed by atoms with E-state index in [1.54, 1.807) is 0 Å². The highest BCUT2D eigenvalue weighted by Crippen LogP contribution is 2.65. The second kappa shape index (κ2) is 15.0. The molecule has 4 aliphatic rings. The minimum atomic E-state index is -0.521. The zero-order chi connectivity index (χ0) is 47.1. The van der Waals surface area contributed by atoms with Crippen LogP contribution in [0.2, 0.25) is 0 Å². The van der Waals surface area contributed by atoms with Crippen LogP contribution in [0.25, 0.3) is 87.6 Å². The Hall–Kier alpha value is -8.52. The second-order valence-corrected chi connectivity index (χ2v) is 20.9. The van der Waals surface area contributed by atoms with Crippen molar-refractivity contribution < 1.29 is 0 Å². The first-order chi connectivity index (χ1) is 35.7. The molecule has 12 aromatic rings. The van der Waals surface area contributed by atoms with Gasteiger partial charge in [-0.3, -0.25) is 0 Å². The summed E-state index contributed by atoms with van der Waals surface area (Å²) in [5, 5.41) is 10.2. The maximum absolute atomic E-state index is 2.70. The lowest BCUT2D eigenvalue weighted by Crippen LogP contribution is -2.28. The van der Waals surface area contributed by atoms with Crippen molar-refractivity contribution in [1.82, 2.24) is 0 Å². The summed E-state index contributed by atoms with van der Waals surface area (Å²) in [6.45, 7) is 0. The van der Waals surface area contributed by atoms with Crippen molar-refractivity contribution in [1.29, 1.82) is 0 Å². The number of anilines is 3. The van der Waals surface area contributed by atoms with Gasteiger partial charge in [0.05, 0.1) is 16.8 Å². The summed E-state index contributed by atoms with van der Waals surface area (Å²) in [7, 11) is 0. The molecule has 0 amide bonds. The molecule has 0 atom stereocenters. The standard InChI is InChI=1S/C71H49N/c1-16-40-70(41-17-1)61-32-12-11-30-57(61)69-65(70)36-19-37-67(69)72(46-38-39-53-51-25-5-4-23-49(51)50-24-6-7-26-52(50)58(53)42-46)68-44-66-59(43-60(68)48-31-18-21-45-20-2-3-22-47(45)48)56-29-10-15-35-64(56)71(66)62-33-13-8-27-54(62)55-28-9-14-34-63(55)71/h2-15,18-39,42-44H,1,16-17,40-41H2. The molecule has 12 aromatic carbocycles. The molecule has 16 rings (SSSR count). The molecule has 1 nitrogen and oxygen atoms in total. The molecule has 4 aliphatic carbocycles. The number of nitrogens with zero attached hydrogens (tertiary/aromatic N) is 1. The monoisotopic (exact) mass is 915 g/mol. The van der Waals surface area contributed by atoms with Gasteiger partial charge >= 0.3 is 0 Å². The van der Waals surface area contributed by atoms with Crippen molar-refractivity contribution in [2.75, 3.05) is 4.90 Å². The molecule has 0 N–H and O–H groups in total.